The van der Waals surface area contributed by atoms with E-state index < -0.39 is 5.91 Å². The van der Waals surface area contributed by atoms with Crippen molar-refractivity contribution in [2.75, 3.05) is 18.5 Å². The largest absolute Gasteiger partial charge is 0.492 e. The third-order valence-electron chi connectivity index (χ3n) is 3.40. The number of amides is 3. The Morgan fingerprint density at radius 3 is 2.43 bits per heavy atom. The first-order valence-corrected chi connectivity index (χ1v) is 8.40. The number of benzene rings is 1. The van der Waals surface area contributed by atoms with Crippen molar-refractivity contribution in [2.45, 2.75) is 31.3 Å². The van der Waals surface area contributed by atoms with Crippen LogP contribution < -0.4 is 10.1 Å². The number of nitrogens with zero attached hydrogens (tertiary/aromatic N) is 1. The van der Waals surface area contributed by atoms with E-state index in [1.165, 1.54) is 11.8 Å². The average Bonchev–Trinajstić information content (AvgIpc) is 2.52. The van der Waals surface area contributed by atoms with Gasteiger partial charge in [0.1, 0.15) is 12.3 Å². The fraction of sp³-hybridized carbons (Fsp3) is 0.438. The quantitative estimate of drug-likeness (QED) is 0.831. The molecule has 2 atom stereocenters. The molecule has 2 rings (SSSR count). The van der Waals surface area contributed by atoms with Crippen molar-refractivity contribution in [2.24, 2.45) is 0 Å². The number of anilines is 1. The molecule has 1 aliphatic heterocycles. The topological polar surface area (TPSA) is 75.7 Å². The second-order valence-electron chi connectivity index (χ2n) is 5.16. The second kappa shape index (κ2) is 7.50. The zero-order valence-electron chi connectivity index (χ0n) is 13.4. The van der Waals surface area contributed by atoms with Gasteiger partial charge in [0.05, 0.1) is 22.8 Å². The van der Waals surface area contributed by atoms with E-state index in [0.717, 1.165) is 4.90 Å². The molecule has 0 bridgehead atoms. The smallest absolute Gasteiger partial charge is 0.244 e. The summed E-state index contributed by atoms with van der Waals surface area (Å²) in [5.74, 6) is -0.528. The number of carbonyl (C=O) groups excluding carboxylic acids is 3. The van der Waals surface area contributed by atoms with Crippen molar-refractivity contribution >= 4 is 35.2 Å². The minimum Gasteiger partial charge on any atom is -0.492 e. The standard InChI is InChI=1S/C16H20N2O4S/c1-4-22-13-8-6-5-7-12(13)17-14(19)9-18-15(20)10(2)23-11(3)16(18)21/h5-8,10-11H,4,9H2,1-3H3,(H,17,19)/t10-,11-/m0/s1. The molecule has 0 unspecified atom stereocenters. The maximum atomic E-state index is 12.2. The number of hydrogen-bond donors (Lipinski definition) is 1. The van der Waals surface area contributed by atoms with Crippen LogP contribution in [0.1, 0.15) is 20.8 Å². The van der Waals surface area contributed by atoms with Gasteiger partial charge < -0.3 is 10.1 Å². The van der Waals surface area contributed by atoms with E-state index in [9.17, 15) is 14.4 Å². The summed E-state index contributed by atoms with van der Waals surface area (Å²) in [5, 5.41) is 2.04. The van der Waals surface area contributed by atoms with Gasteiger partial charge in [-0.25, -0.2) is 0 Å². The van der Waals surface area contributed by atoms with Crippen LogP contribution in [0, 0.1) is 0 Å². The van der Waals surface area contributed by atoms with E-state index in [2.05, 4.69) is 5.32 Å². The van der Waals surface area contributed by atoms with Crippen molar-refractivity contribution in [1.82, 2.24) is 4.90 Å². The van der Waals surface area contributed by atoms with Crippen LogP contribution in [-0.4, -0.2) is 46.3 Å². The summed E-state index contributed by atoms with van der Waals surface area (Å²) in [6.45, 7) is 5.52. The fourth-order valence-electron chi connectivity index (χ4n) is 2.31. The summed E-state index contributed by atoms with van der Waals surface area (Å²) in [6, 6.07) is 7.04. The van der Waals surface area contributed by atoms with Gasteiger partial charge in [0.2, 0.25) is 17.7 Å². The van der Waals surface area contributed by atoms with Gasteiger partial charge >= 0.3 is 0 Å². The van der Waals surface area contributed by atoms with Crippen LogP contribution in [0.2, 0.25) is 0 Å². The lowest BCUT2D eigenvalue weighted by Gasteiger charge is -2.31. The van der Waals surface area contributed by atoms with E-state index >= 15 is 0 Å². The van der Waals surface area contributed by atoms with Gasteiger partial charge in [0.15, 0.2) is 0 Å². The fourth-order valence-corrected chi connectivity index (χ4v) is 3.41. The molecule has 1 aromatic carbocycles. The van der Waals surface area contributed by atoms with E-state index in [4.69, 9.17) is 4.74 Å². The zero-order chi connectivity index (χ0) is 17.0. The molecule has 0 aliphatic carbocycles. The van der Waals surface area contributed by atoms with Gasteiger partial charge in [-0.2, -0.15) is 0 Å². The number of thioether (sulfide) groups is 1. The van der Waals surface area contributed by atoms with Crippen LogP contribution in [-0.2, 0) is 14.4 Å². The zero-order valence-corrected chi connectivity index (χ0v) is 14.2. The number of hydrogen-bond acceptors (Lipinski definition) is 5. The molecular weight excluding hydrogens is 316 g/mol. The van der Waals surface area contributed by atoms with Crippen LogP contribution in [0.4, 0.5) is 5.69 Å². The third kappa shape index (κ3) is 4.04. The van der Waals surface area contributed by atoms with E-state index in [1.807, 2.05) is 6.92 Å². The van der Waals surface area contributed by atoms with Crippen LogP contribution in [0.3, 0.4) is 0 Å². The number of carbonyl (C=O) groups is 3. The van der Waals surface area contributed by atoms with E-state index in [0.29, 0.717) is 18.0 Å². The first-order chi connectivity index (χ1) is 10.9. The lowest BCUT2D eigenvalue weighted by atomic mass is 10.2. The number of rotatable bonds is 5. The van der Waals surface area contributed by atoms with Gasteiger partial charge in [0, 0.05) is 0 Å². The molecule has 6 nitrogen and oxygen atoms in total. The summed E-state index contributed by atoms with van der Waals surface area (Å²) in [6.07, 6.45) is 0. The highest BCUT2D eigenvalue weighted by Crippen LogP contribution is 2.27. The number of imide groups is 1. The second-order valence-corrected chi connectivity index (χ2v) is 6.85. The molecule has 1 N–H and O–H groups in total. The number of para-hydroxylation sites is 2. The van der Waals surface area contributed by atoms with Crippen molar-refractivity contribution in [1.29, 1.82) is 0 Å². The predicted molar refractivity (Wildman–Crippen MR) is 89.5 cm³/mol. The Morgan fingerprint density at radius 2 is 1.83 bits per heavy atom. The van der Waals surface area contributed by atoms with Crippen molar-refractivity contribution < 1.29 is 19.1 Å². The Balaban J connectivity index is 2.07. The molecule has 0 spiro atoms. The van der Waals surface area contributed by atoms with Crippen molar-refractivity contribution in [3.05, 3.63) is 24.3 Å². The van der Waals surface area contributed by atoms with Crippen LogP contribution in [0.15, 0.2) is 24.3 Å². The molecular formula is C16H20N2O4S. The minimum absolute atomic E-state index is 0.284. The van der Waals surface area contributed by atoms with Gasteiger partial charge in [-0.3, -0.25) is 19.3 Å². The Kier molecular flexibility index (Phi) is 5.65. The Labute approximate surface area is 139 Å². The van der Waals surface area contributed by atoms with Gasteiger partial charge in [0.25, 0.3) is 0 Å². The summed E-state index contributed by atoms with van der Waals surface area (Å²) in [5.41, 5.74) is 0.520. The van der Waals surface area contributed by atoms with Crippen molar-refractivity contribution in [3.8, 4) is 5.75 Å². The molecule has 1 saturated heterocycles. The molecule has 1 fully saturated rings. The third-order valence-corrected chi connectivity index (χ3v) is 4.62. The summed E-state index contributed by atoms with van der Waals surface area (Å²) in [4.78, 5) is 37.5. The molecule has 7 heteroatoms. The number of ether oxygens (including phenoxy) is 1. The molecule has 1 aromatic rings. The Hall–Kier alpha value is -2.02. The predicted octanol–water partition coefficient (Wildman–Crippen LogP) is 1.90. The highest BCUT2D eigenvalue weighted by Gasteiger charge is 2.38. The maximum absolute atomic E-state index is 12.2. The lowest BCUT2D eigenvalue weighted by Crippen LogP contribution is -2.52. The van der Waals surface area contributed by atoms with Gasteiger partial charge in [-0.1, -0.05) is 12.1 Å². The molecule has 1 aliphatic rings. The molecule has 3 amide bonds. The SMILES string of the molecule is CCOc1ccccc1NC(=O)CN1C(=O)[C@H](C)S[C@@H](C)C1=O. The minimum atomic E-state index is -0.426. The first kappa shape index (κ1) is 17.3. The van der Waals surface area contributed by atoms with Crippen LogP contribution >= 0.6 is 11.8 Å². The molecule has 0 saturated carbocycles. The van der Waals surface area contributed by atoms with Crippen molar-refractivity contribution in [3.63, 3.8) is 0 Å². The lowest BCUT2D eigenvalue weighted by molar-refractivity contribution is -0.147. The molecule has 0 radical (unpaired) electrons. The highest BCUT2D eigenvalue weighted by molar-refractivity contribution is 8.02. The highest BCUT2D eigenvalue weighted by atomic mass is 32.2. The Bertz CT molecular complexity index is 600. The maximum Gasteiger partial charge on any atom is 0.244 e. The molecule has 23 heavy (non-hydrogen) atoms. The van der Waals surface area contributed by atoms with Crippen LogP contribution in [0.25, 0.3) is 0 Å². The molecule has 124 valence electrons. The average molecular weight is 336 g/mol. The summed E-state index contributed by atoms with van der Waals surface area (Å²) < 4.78 is 5.44. The molecule has 1 heterocycles. The molecule has 0 aromatic heterocycles. The Morgan fingerprint density at radius 1 is 1.22 bits per heavy atom. The summed E-state index contributed by atoms with van der Waals surface area (Å²) >= 11 is 1.31. The normalized spacial score (nSPS) is 21.3. The van der Waals surface area contributed by atoms with Gasteiger partial charge in [-0.05, 0) is 32.9 Å². The van der Waals surface area contributed by atoms with E-state index in [-0.39, 0.29) is 28.9 Å². The van der Waals surface area contributed by atoms with Gasteiger partial charge in [-0.15, -0.1) is 11.8 Å². The first-order valence-electron chi connectivity index (χ1n) is 7.46. The van der Waals surface area contributed by atoms with Crippen LogP contribution in [0.5, 0.6) is 5.75 Å². The van der Waals surface area contributed by atoms with E-state index in [1.54, 1.807) is 38.1 Å². The monoisotopic (exact) mass is 336 g/mol. The summed E-state index contributed by atoms with van der Waals surface area (Å²) in [7, 11) is 0. The number of nitrogens with one attached hydrogen (secondary N) is 1.